The number of piperazine rings is 1. The van der Waals surface area contributed by atoms with Crippen LogP contribution in [0.4, 0.5) is 4.39 Å². The highest BCUT2D eigenvalue weighted by molar-refractivity contribution is 5.95. The lowest BCUT2D eigenvalue weighted by atomic mass is 10.0. The van der Waals surface area contributed by atoms with Gasteiger partial charge in [0.2, 0.25) is 0 Å². The number of hydrogen-bond donors (Lipinski definition) is 1. The highest BCUT2D eigenvalue weighted by Gasteiger charge is 2.28. The summed E-state index contributed by atoms with van der Waals surface area (Å²) >= 11 is 0. The van der Waals surface area contributed by atoms with Crippen molar-refractivity contribution in [2.75, 3.05) is 32.7 Å². The first kappa shape index (κ1) is 19.9. The normalized spacial score (nSPS) is 17.3. The summed E-state index contributed by atoms with van der Waals surface area (Å²) in [6.07, 6.45) is 3.03. The zero-order chi connectivity index (χ0) is 21.4. The number of carbonyl (C=O) groups is 1. The number of benzene rings is 2. The molecule has 1 saturated carbocycles. The van der Waals surface area contributed by atoms with Gasteiger partial charge in [-0.05, 0) is 42.5 Å². The molecule has 5 rings (SSSR count). The molecule has 0 bridgehead atoms. The lowest BCUT2D eigenvalue weighted by molar-refractivity contribution is 0.0627. The highest BCUT2D eigenvalue weighted by atomic mass is 19.1. The summed E-state index contributed by atoms with van der Waals surface area (Å²) in [6, 6.07) is 11.9. The predicted octanol–water partition coefficient (Wildman–Crippen LogP) is 2.82. The van der Waals surface area contributed by atoms with Crippen LogP contribution in [0.15, 0.2) is 47.3 Å². The summed E-state index contributed by atoms with van der Waals surface area (Å²) in [5.74, 6) is 0.0622. The van der Waals surface area contributed by atoms with Gasteiger partial charge in [-0.15, -0.1) is 0 Å². The van der Waals surface area contributed by atoms with Gasteiger partial charge in [0.15, 0.2) is 0 Å². The van der Waals surface area contributed by atoms with Gasteiger partial charge in [0.25, 0.3) is 11.5 Å². The van der Waals surface area contributed by atoms with Crippen LogP contribution in [0.3, 0.4) is 0 Å². The molecule has 2 fully saturated rings. The maximum Gasteiger partial charge on any atom is 0.272 e. The Kier molecular flexibility index (Phi) is 5.28. The number of carbonyl (C=O) groups excluding carboxylic acids is 1. The molecule has 1 amide bonds. The Balaban J connectivity index is 1.34. The Morgan fingerprint density at radius 1 is 1.06 bits per heavy atom. The quantitative estimate of drug-likeness (QED) is 0.689. The first-order valence-corrected chi connectivity index (χ1v) is 10.8. The van der Waals surface area contributed by atoms with E-state index in [-0.39, 0.29) is 17.0 Å². The Hall–Kier alpha value is -3.06. The summed E-state index contributed by atoms with van der Waals surface area (Å²) < 4.78 is 14.6. The van der Waals surface area contributed by atoms with Crippen LogP contribution in [-0.2, 0) is 6.42 Å². The minimum atomic E-state index is -0.506. The van der Waals surface area contributed by atoms with E-state index in [0.29, 0.717) is 30.6 Å². The van der Waals surface area contributed by atoms with Gasteiger partial charge in [-0.25, -0.2) is 9.49 Å². The molecule has 2 heterocycles. The van der Waals surface area contributed by atoms with E-state index in [1.807, 2.05) is 12.1 Å². The molecule has 1 aliphatic heterocycles. The van der Waals surface area contributed by atoms with Crippen LogP contribution in [0.25, 0.3) is 10.8 Å². The van der Waals surface area contributed by atoms with Crippen molar-refractivity contribution in [3.05, 3.63) is 75.5 Å². The van der Waals surface area contributed by atoms with Crippen LogP contribution >= 0.6 is 0 Å². The number of aromatic nitrogens is 2. The second-order valence-electron chi connectivity index (χ2n) is 8.57. The van der Waals surface area contributed by atoms with E-state index in [0.717, 1.165) is 36.5 Å². The van der Waals surface area contributed by atoms with Gasteiger partial charge in [0.05, 0.1) is 16.6 Å². The molecule has 1 aromatic heterocycles. The summed E-state index contributed by atoms with van der Waals surface area (Å²) in [7, 11) is 0. The Bertz CT molecular complexity index is 1180. The van der Waals surface area contributed by atoms with Crippen LogP contribution in [-0.4, -0.2) is 58.6 Å². The van der Waals surface area contributed by atoms with Crippen molar-refractivity contribution < 1.29 is 9.18 Å². The van der Waals surface area contributed by atoms with Gasteiger partial charge in [-0.1, -0.05) is 24.3 Å². The molecule has 160 valence electrons. The molecular weight excluding hydrogens is 395 g/mol. The van der Waals surface area contributed by atoms with Crippen LogP contribution in [0, 0.1) is 11.7 Å². The summed E-state index contributed by atoms with van der Waals surface area (Å²) in [4.78, 5) is 29.2. The number of H-pyrrole nitrogens is 1. The molecule has 0 spiro atoms. The Labute approximate surface area is 179 Å². The number of fused-ring (bicyclic) bond motifs is 1. The van der Waals surface area contributed by atoms with Crippen molar-refractivity contribution in [1.29, 1.82) is 0 Å². The maximum absolute atomic E-state index is 14.6. The van der Waals surface area contributed by atoms with Crippen LogP contribution in [0.1, 0.15) is 34.5 Å². The second-order valence-corrected chi connectivity index (χ2v) is 8.57. The zero-order valence-corrected chi connectivity index (χ0v) is 17.3. The first-order chi connectivity index (χ1) is 15.1. The third-order valence-corrected chi connectivity index (χ3v) is 6.28. The fraction of sp³-hybridized carbons (Fsp3) is 0.375. The monoisotopic (exact) mass is 420 g/mol. The van der Waals surface area contributed by atoms with Crippen molar-refractivity contribution >= 4 is 16.7 Å². The van der Waals surface area contributed by atoms with E-state index in [1.54, 1.807) is 29.2 Å². The molecule has 0 radical (unpaired) electrons. The fourth-order valence-corrected chi connectivity index (χ4v) is 4.32. The van der Waals surface area contributed by atoms with Crippen LogP contribution in [0.2, 0.25) is 0 Å². The lowest BCUT2D eigenvalue weighted by Crippen LogP contribution is -2.49. The fourth-order valence-electron chi connectivity index (χ4n) is 4.32. The Morgan fingerprint density at radius 2 is 1.81 bits per heavy atom. The number of nitrogens with one attached hydrogen (secondary N) is 1. The molecule has 6 nitrogen and oxygen atoms in total. The van der Waals surface area contributed by atoms with Gasteiger partial charge in [0, 0.05) is 44.5 Å². The van der Waals surface area contributed by atoms with Gasteiger partial charge in [0.1, 0.15) is 5.82 Å². The second kappa shape index (κ2) is 8.23. The number of rotatable bonds is 5. The molecule has 2 aromatic carbocycles. The molecule has 7 heteroatoms. The van der Waals surface area contributed by atoms with E-state index >= 15 is 0 Å². The average molecular weight is 420 g/mol. The van der Waals surface area contributed by atoms with E-state index in [9.17, 15) is 14.0 Å². The molecule has 3 aromatic rings. The number of nitrogens with zero attached hydrogens (tertiary/aromatic N) is 3. The molecule has 1 saturated heterocycles. The number of amides is 1. The van der Waals surface area contributed by atoms with Crippen molar-refractivity contribution in [1.82, 2.24) is 20.0 Å². The smallest absolute Gasteiger partial charge is 0.272 e. The van der Waals surface area contributed by atoms with Gasteiger partial charge in [-0.3, -0.25) is 14.5 Å². The zero-order valence-electron chi connectivity index (χ0n) is 17.3. The summed E-state index contributed by atoms with van der Waals surface area (Å²) in [5.41, 5.74) is 1.33. The topological polar surface area (TPSA) is 69.3 Å². The van der Waals surface area contributed by atoms with Crippen molar-refractivity contribution in [3.8, 4) is 0 Å². The highest BCUT2D eigenvalue weighted by Crippen LogP contribution is 2.30. The van der Waals surface area contributed by atoms with Crippen LogP contribution < -0.4 is 5.56 Å². The van der Waals surface area contributed by atoms with Gasteiger partial charge < -0.3 is 4.90 Å². The van der Waals surface area contributed by atoms with Gasteiger partial charge >= 0.3 is 0 Å². The van der Waals surface area contributed by atoms with Crippen molar-refractivity contribution in [2.24, 2.45) is 5.92 Å². The molecular formula is C24H25FN4O2. The lowest BCUT2D eigenvalue weighted by Gasteiger charge is -2.35. The largest absolute Gasteiger partial charge is 0.336 e. The minimum absolute atomic E-state index is 0.0990. The van der Waals surface area contributed by atoms with Gasteiger partial charge in [-0.2, -0.15) is 5.10 Å². The summed E-state index contributed by atoms with van der Waals surface area (Å²) in [5, 5.41) is 8.04. The molecule has 1 aliphatic carbocycles. The summed E-state index contributed by atoms with van der Waals surface area (Å²) in [6.45, 7) is 4.06. The standard InChI is InChI=1S/C24H25FN4O2/c25-21-8-7-17(14-22-18-3-1-2-4-19(18)23(30)27-26-22)13-20(21)24(31)29-11-9-28(10-12-29)15-16-5-6-16/h1-4,7-8,13,16H,5-6,9-12,14-15H2,(H,27,30). The number of aromatic amines is 1. The third-order valence-electron chi connectivity index (χ3n) is 6.28. The minimum Gasteiger partial charge on any atom is -0.336 e. The van der Waals surface area contributed by atoms with Crippen LogP contribution in [0.5, 0.6) is 0 Å². The third kappa shape index (κ3) is 4.23. The van der Waals surface area contributed by atoms with E-state index in [1.165, 1.54) is 18.9 Å². The first-order valence-electron chi connectivity index (χ1n) is 10.8. The molecule has 2 aliphatic rings. The average Bonchev–Trinajstić information content (AvgIpc) is 3.61. The van der Waals surface area contributed by atoms with E-state index in [4.69, 9.17) is 0 Å². The Morgan fingerprint density at radius 3 is 2.55 bits per heavy atom. The number of halogens is 1. The SMILES string of the molecule is O=C(c1cc(Cc2n[nH]c(=O)c3ccccc23)ccc1F)N1CCN(CC2CC2)CC1. The predicted molar refractivity (Wildman–Crippen MR) is 117 cm³/mol. The molecule has 1 N–H and O–H groups in total. The number of hydrogen-bond acceptors (Lipinski definition) is 4. The maximum atomic E-state index is 14.6. The molecule has 31 heavy (non-hydrogen) atoms. The van der Waals surface area contributed by atoms with E-state index < -0.39 is 5.82 Å². The van der Waals surface area contributed by atoms with Crippen molar-refractivity contribution in [2.45, 2.75) is 19.3 Å². The van der Waals surface area contributed by atoms with E-state index in [2.05, 4.69) is 15.1 Å². The molecule has 0 atom stereocenters. The molecule has 0 unspecified atom stereocenters. The van der Waals surface area contributed by atoms with Crippen molar-refractivity contribution in [3.63, 3.8) is 0 Å².